The first-order valence-corrected chi connectivity index (χ1v) is 6.86. The number of nitrogen functional groups attached to an aromatic ring is 1. The maximum absolute atomic E-state index is 12.4. The molecule has 0 heterocycles. The van der Waals surface area contributed by atoms with Gasteiger partial charge in [0.05, 0.1) is 14.2 Å². The molecule has 22 heavy (non-hydrogen) atoms. The van der Waals surface area contributed by atoms with Gasteiger partial charge in [0.2, 0.25) is 0 Å². The van der Waals surface area contributed by atoms with E-state index in [1.165, 1.54) is 7.11 Å². The van der Waals surface area contributed by atoms with Crippen molar-refractivity contribution in [2.45, 2.75) is 13.8 Å². The molecule has 5 nitrogen and oxygen atoms in total. The molecule has 0 unspecified atom stereocenters. The second-order valence-electron chi connectivity index (χ2n) is 5.05. The molecule has 0 saturated carbocycles. The maximum Gasteiger partial charge on any atom is 0.255 e. The Kier molecular flexibility index (Phi) is 4.56. The lowest BCUT2D eigenvalue weighted by Gasteiger charge is -2.14. The Hall–Kier alpha value is -2.69. The molecule has 1 amide bonds. The minimum Gasteiger partial charge on any atom is -0.493 e. The molecule has 0 aliphatic rings. The van der Waals surface area contributed by atoms with Crippen molar-refractivity contribution in [3.8, 4) is 11.5 Å². The molecule has 116 valence electrons. The van der Waals surface area contributed by atoms with Crippen LogP contribution in [-0.2, 0) is 0 Å². The number of carbonyl (C=O) groups is 1. The number of benzene rings is 2. The Morgan fingerprint density at radius 2 is 1.59 bits per heavy atom. The van der Waals surface area contributed by atoms with Gasteiger partial charge in [-0.25, -0.2) is 0 Å². The molecular weight excluding hydrogens is 280 g/mol. The van der Waals surface area contributed by atoms with E-state index in [2.05, 4.69) is 5.32 Å². The maximum atomic E-state index is 12.4. The van der Waals surface area contributed by atoms with Crippen LogP contribution in [0.2, 0.25) is 0 Å². The Bertz CT molecular complexity index is 688. The van der Waals surface area contributed by atoms with Gasteiger partial charge in [0.25, 0.3) is 5.91 Å². The largest absolute Gasteiger partial charge is 0.493 e. The van der Waals surface area contributed by atoms with Gasteiger partial charge in [-0.05, 0) is 55.3 Å². The summed E-state index contributed by atoms with van der Waals surface area (Å²) in [5.74, 6) is 0.886. The summed E-state index contributed by atoms with van der Waals surface area (Å²) in [5.41, 5.74) is 9.59. The number of aryl methyl sites for hydroxylation is 2. The van der Waals surface area contributed by atoms with E-state index in [1.54, 1.807) is 25.3 Å². The highest BCUT2D eigenvalue weighted by Crippen LogP contribution is 2.29. The summed E-state index contributed by atoms with van der Waals surface area (Å²) < 4.78 is 10.4. The van der Waals surface area contributed by atoms with Crippen molar-refractivity contribution in [3.05, 3.63) is 47.0 Å². The third-order valence-corrected chi connectivity index (χ3v) is 3.44. The molecule has 3 N–H and O–H groups in total. The molecule has 0 radical (unpaired) electrons. The minimum atomic E-state index is -0.211. The van der Waals surface area contributed by atoms with Gasteiger partial charge in [0.1, 0.15) is 0 Å². The van der Waals surface area contributed by atoms with Crippen LogP contribution in [-0.4, -0.2) is 20.1 Å². The molecule has 2 aromatic carbocycles. The van der Waals surface area contributed by atoms with Crippen molar-refractivity contribution in [1.29, 1.82) is 0 Å². The molecule has 0 fully saturated rings. The SMILES string of the molecule is COc1ccc(C(=O)Nc2c(C)cc(N)cc2C)cc1OC. The first-order valence-electron chi connectivity index (χ1n) is 6.86. The van der Waals surface area contributed by atoms with Crippen molar-refractivity contribution in [2.24, 2.45) is 0 Å². The van der Waals surface area contributed by atoms with Crippen molar-refractivity contribution >= 4 is 17.3 Å². The molecule has 2 rings (SSSR count). The summed E-state index contributed by atoms with van der Waals surface area (Å²) in [7, 11) is 3.09. The van der Waals surface area contributed by atoms with E-state index in [0.29, 0.717) is 22.7 Å². The van der Waals surface area contributed by atoms with Crippen LogP contribution in [0.25, 0.3) is 0 Å². The van der Waals surface area contributed by atoms with Gasteiger partial charge in [0, 0.05) is 16.9 Å². The van der Waals surface area contributed by atoms with Gasteiger partial charge in [-0.15, -0.1) is 0 Å². The number of amides is 1. The predicted molar refractivity (Wildman–Crippen MR) is 87.8 cm³/mol. The fourth-order valence-corrected chi connectivity index (χ4v) is 2.36. The molecule has 0 bridgehead atoms. The topological polar surface area (TPSA) is 73.6 Å². The number of methoxy groups -OCH3 is 2. The quantitative estimate of drug-likeness (QED) is 0.851. The summed E-state index contributed by atoms with van der Waals surface area (Å²) in [6.45, 7) is 3.82. The summed E-state index contributed by atoms with van der Waals surface area (Å²) in [6.07, 6.45) is 0. The van der Waals surface area contributed by atoms with E-state index in [1.807, 2.05) is 26.0 Å². The zero-order chi connectivity index (χ0) is 16.3. The smallest absolute Gasteiger partial charge is 0.255 e. The number of ether oxygens (including phenoxy) is 2. The van der Waals surface area contributed by atoms with Crippen molar-refractivity contribution in [1.82, 2.24) is 0 Å². The average molecular weight is 300 g/mol. The van der Waals surface area contributed by atoms with Gasteiger partial charge in [-0.1, -0.05) is 0 Å². The fraction of sp³-hybridized carbons (Fsp3) is 0.235. The molecule has 0 atom stereocenters. The van der Waals surface area contributed by atoms with Gasteiger partial charge in [-0.2, -0.15) is 0 Å². The van der Waals surface area contributed by atoms with E-state index in [9.17, 15) is 4.79 Å². The fourth-order valence-electron chi connectivity index (χ4n) is 2.36. The minimum absolute atomic E-state index is 0.211. The third-order valence-electron chi connectivity index (χ3n) is 3.44. The lowest BCUT2D eigenvalue weighted by molar-refractivity contribution is 0.102. The number of anilines is 2. The summed E-state index contributed by atoms with van der Waals surface area (Å²) >= 11 is 0. The van der Waals surface area contributed by atoms with Crippen LogP contribution >= 0.6 is 0 Å². The Morgan fingerprint density at radius 3 is 2.14 bits per heavy atom. The number of rotatable bonds is 4. The Balaban J connectivity index is 2.30. The summed E-state index contributed by atoms with van der Waals surface area (Å²) in [4.78, 5) is 12.4. The highest BCUT2D eigenvalue weighted by molar-refractivity contribution is 6.05. The van der Waals surface area contributed by atoms with Gasteiger partial charge in [-0.3, -0.25) is 4.79 Å². The van der Waals surface area contributed by atoms with Crippen molar-refractivity contribution in [3.63, 3.8) is 0 Å². The van der Waals surface area contributed by atoms with E-state index in [0.717, 1.165) is 16.8 Å². The molecule has 0 aromatic heterocycles. The highest BCUT2D eigenvalue weighted by atomic mass is 16.5. The zero-order valence-electron chi connectivity index (χ0n) is 13.2. The second kappa shape index (κ2) is 6.39. The molecular formula is C17H20N2O3. The molecule has 0 aliphatic carbocycles. The normalized spacial score (nSPS) is 10.2. The van der Waals surface area contributed by atoms with Crippen LogP contribution in [0, 0.1) is 13.8 Å². The standard InChI is InChI=1S/C17H20N2O3/c1-10-7-13(18)8-11(2)16(10)19-17(20)12-5-6-14(21-3)15(9-12)22-4/h5-9H,18H2,1-4H3,(H,19,20). The Labute approximate surface area is 130 Å². The number of hydrogen-bond acceptors (Lipinski definition) is 4. The average Bonchev–Trinajstić information content (AvgIpc) is 2.49. The third kappa shape index (κ3) is 3.14. The van der Waals surface area contributed by atoms with E-state index in [4.69, 9.17) is 15.2 Å². The predicted octanol–water partition coefficient (Wildman–Crippen LogP) is 3.16. The zero-order valence-corrected chi connectivity index (χ0v) is 13.2. The highest BCUT2D eigenvalue weighted by Gasteiger charge is 2.13. The van der Waals surface area contributed by atoms with Crippen LogP contribution in [0.5, 0.6) is 11.5 Å². The number of hydrogen-bond donors (Lipinski definition) is 2. The van der Waals surface area contributed by atoms with Gasteiger partial charge < -0.3 is 20.5 Å². The monoisotopic (exact) mass is 300 g/mol. The summed E-state index contributed by atoms with van der Waals surface area (Å²) in [6, 6.07) is 8.71. The van der Waals surface area contributed by atoms with Crippen molar-refractivity contribution in [2.75, 3.05) is 25.3 Å². The van der Waals surface area contributed by atoms with Crippen LogP contribution in [0.3, 0.4) is 0 Å². The second-order valence-corrected chi connectivity index (χ2v) is 5.05. The van der Waals surface area contributed by atoms with Crippen LogP contribution in [0.15, 0.2) is 30.3 Å². The molecule has 2 aromatic rings. The van der Waals surface area contributed by atoms with Gasteiger partial charge in [0.15, 0.2) is 11.5 Å². The van der Waals surface area contributed by atoms with E-state index in [-0.39, 0.29) is 5.91 Å². The number of nitrogens with one attached hydrogen (secondary N) is 1. The molecule has 0 spiro atoms. The van der Waals surface area contributed by atoms with Crippen molar-refractivity contribution < 1.29 is 14.3 Å². The van der Waals surface area contributed by atoms with Crippen LogP contribution in [0.1, 0.15) is 21.5 Å². The first kappa shape index (κ1) is 15.7. The summed E-state index contributed by atoms with van der Waals surface area (Å²) in [5, 5.41) is 2.92. The molecule has 5 heteroatoms. The molecule has 0 saturated heterocycles. The van der Waals surface area contributed by atoms with E-state index < -0.39 is 0 Å². The Morgan fingerprint density at radius 1 is 1.00 bits per heavy atom. The lowest BCUT2D eigenvalue weighted by Crippen LogP contribution is -2.14. The first-order chi connectivity index (χ1) is 10.5. The van der Waals surface area contributed by atoms with Gasteiger partial charge >= 0.3 is 0 Å². The van der Waals surface area contributed by atoms with Crippen LogP contribution in [0.4, 0.5) is 11.4 Å². The number of carbonyl (C=O) groups excluding carboxylic acids is 1. The molecule has 0 aliphatic heterocycles. The number of nitrogens with two attached hydrogens (primary N) is 1. The lowest BCUT2D eigenvalue weighted by atomic mass is 10.1. The van der Waals surface area contributed by atoms with E-state index >= 15 is 0 Å². The van der Waals surface area contributed by atoms with Crippen LogP contribution < -0.4 is 20.5 Å².